The fourth-order valence-electron chi connectivity index (χ4n) is 1.49. The van der Waals surface area contributed by atoms with Crippen LogP contribution in [-0.4, -0.2) is 21.8 Å². The second kappa shape index (κ2) is 3.14. The van der Waals surface area contributed by atoms with Crippen molar-refractivity contribution in [3.8, 4) is 6.07 Å². The fraction of sp³-hybridized carbons (Fsp3) is 0.333. The molecule has 1 aromatic rings. The summed E-state index contributed by atoms with van der Waals surface area (Å²) in [6, 6.07) is 2.05. The van der Waals surface area contributed by atoms with Gasteiger partial charge in [0.05, 0.1) is 6.07 Å². The molecule has 1 aliphatic rings. The van der Waals surface area contributed by atoms with Crippen molar-refractivity contribution in [3.05, 3.63) is 16.1 Å². The zero-order valence-electron chi connectivity index (χ0n) is 7.56. The maximum atomic E-state index is 10.9. The van der Waals surface area contributed by atoms with Crippen molar-refractivity contribution in [3.63, 3.8) is 0 Å². The second-order valence-corrected chi connectivity index (χ2v) is 4.29. The van der Waals surface area contributed by atoms with E-state index in [1.807, 2.05) is 6.07 Å². The molecule has 0 radical (unpaired) electrons. The number of thiazole rings is 1. The fourth-order valence-corrected chi connectivity index (χ4v) is 2.43. The number of Topliss-reactive ketones (excluding diaryl/α,β-unsaturated/α-hetero) is 1. The lowest BCUT2D eigenvalue weighted by Crippen LogP contribution is -2.40. The van der Waals surface area contributed by atoms with E-state index >= 15 is 0 Å². The summed E-state index contributed by atoms with van der Waals surface area (Å²) in [6.45, 7) is 0. The van der Waals surface area contributed by atoms with E-state index in [-0.39, 0.29) is 24.3 Å². The minimum absolute atomic E-state index is 0.0172. The van der Waals surface area contributed by atoms with Crippen LogP contribution in [-0.2, 0) is 10.2 Å². The number of carboxylic acid groups (broad SMARTS) is 1. The molecule has 1 heterocycles. The van der Waals surface area contributed by atoms with Crippen LogP contribution >= 0.6 is 11.3 Å². The van der Waals surface area contributed by atoms with Crippen molar-refractivity contribution >= 4 is 23.1 Å². The van der Waals surface area contributed by atoms with Crippen LogP contribution in [0.3, 0.4) is 0 Å². The number of nitriles is 1. The molecule has 0 aromatic carbocycles. The molecule has 0 atom stereocenters. The Morgan fingerprint density at radius 3 is 2.73 bits per heavy atom. The number of carboxylic acids is 1. The highest BCUT2D eigenvalue weighted by molar-refractivity contribution is 7.10. The van der Waals surface area contributed by atoms with Gasteiger partial charge in [0.15, 0.2) is 5.69 Å². The van der Waals surface area contributed by atoms with Gasteiger partial charge in [0.1, 0.15) is 16.2 Å². The van der Waals surface area contributed by atoms with Crippen LogP contribution in [0.25, 0.3) is 0 Å². The average molecular weight is 222 g/mol. The lowest BCUT2D eigenvalue weighted by molar-refractivity contribution is -0.126. The summed E-state index contributed by atoms with van der Waals surface area (Å²) >= 11 is 1.12. The number of aromatic nitrogens is 1. The molecule has 2 rings (SSSR count). The first-order valence-corrected chi connectivity index (χ1v) is 5.08. The zero-order chi connectivity index (χ0) is 11.1. The van der Waals surface area contributed by atoms with Crippen LogP contribution in [0.2, 0.25) is 0 Å². The van der Waals surface area contributed by atoms with E-state index in [1.54, 1.807) is 0 Å². The van der Waals surface area contributed by atoms with Crippen molar-refractivity contribution < 1.29 is 14.7 Å². The van der Waals surface area contributed by atoms with Gasteiger partial charge in [-0.2, -0.15) is 5.26 Å². The summed E-state index contributed by atoms with van der Waals surface area (Å²) in [5.41, 5.74) is -0.931. The molecule has 0 saturated heterocycles. The largest absolute Gasteiger partial charge is 0.476 e. The molecule has 0 unspecified atom stereocenters. The predicted octanol–water partition coefficient (Wildman–Crippen LogP) is 0.966. The van der Waals surface area contributed by atoms with Gasteiger partial charge in [0.2, 0.25) is 0 Å². The van der Waals surface area contributed by atoms with Gasteiger partial charge in [-0.3, -0.25) is 4.79 Å². The summed E-state index contributed by atoms with van der Waals surface area (Å²) in [5.74, 6) is -1.10. The molecule has 1 aromatic heterocycles. The van der Waals surface area contributed by atoms with Gasteiger partial charge in [0.25, 0.3) is 0 Å². The molecule has 1 N–H and O–H groups in total. The molecule has 0 amide bonds. The zero-order valence-corrected chi connectivity index (χ0v) is 8.37. The maximum absolute atomic E-state index is 10.9. The number of hydrogen-bond acceptors (Lipinski definition) is 5. The van der Waals surface area contributed by atoms with Gasteiger partial charge >= 0.3 is 5.97 Å². The summed E-state index contributed by atoms with van der Waals surface area (Å²) in [6.07, 6.45) is 0.298. The molecular formula is C9H6N2O3S. The number of nitrogens with zero attached hydrogens (tertiary/aromatic N) is 2. The van der Waals surface area contributed by atoms with Crippen LogP contribution in [0, 0.1) is 11.3 Å². The lowest BCUT2D eigenvalue weighted by atomic mass is 9.69. The van der Waals surface area contributed by atoms with Gasteiger partial charge in [-0.1, -0.05) is 0 Å². The topological polar surface area (TPSA) is 91.1 Å². The minimum atomic E-state index is -1.11. The number of aromatic carboxylic acids is 1. The molecule has 5 nitrogen and oxygen atoms in total. The molecule has 15 heavy (non-hydrogen) atoms. The Morgan fingerprint density at radius 1 is 1.67 bits per heavy atom. The normalized spacial score (nSPS) is 17.9. The Hall–Kier alpha value is -1.74. The Balaban J connectivity index is 2.34. The average Bonchev–Trinajstić information content (AvgIpc) is 2.61. The third-order valence-corrected chi connectivity index (χ3v) is 3.39. The maximum Gasteiger partial charge on any atom is 0.355 e. The first kappa shape index (κ1) is 9.80. The standard InChI is InChI=1S/C9H6N2O3S/c10-4-9(1-5(12)2-9)8-11-6(3-15-8)7(13)14/h3H,1-2H2,(H,13,14). The predicted molar refractivity (Wildman–Crippen MR) is 50.6 cm³/mol. The number of rotatable bonds is 2. The van der Waals surface area contributed by atoms with Crippen LogP contribution in [0.4, 0.5) is 0 Å². The van der Waals surface area contributed by atoms with Crippen LogP contribution < -0.4 is 0 Å². The van der Waals surface area contributed by atoms with Crippen LogP contribution in [0.5, 0.6) is 0 Å². The highest BCUT2D eigenvalue weighted by Crippen LogP contribution is 2.41. The molecular weight excluding hydrogens is 216 g/mol. The number of ketones is 1. The minimum Gasteiger partial charge on any atom is -0.476 e. The molecule has 0 aliphatic heterocycles. The lowest BCUT2D eigenvalue weighted by Gasteiger charge is -2.31. The Bertz CT molecular complexity index is 478. The van der Waals surface area contributed by atoms with E-state index in [0.29, 0.717) is 5.01 Å². The van der Waals surface area contributed by atoms with Gasteiger partial charge in [0, 0.05) is 18.2 Å². The van der Waals surface area contributed by atoms with Crippen molar-refractivity contribution in [1.29, 1.82) is 5.26 Å². The number of hydrogen-bond donors (Lipinski definition) is 1. The highest BCUT2D eigenvalue weighted by Gasteiger charge is 2.48. The van der Waals surface area contributed by atoms with E-state index in [1.165, 1.54) is 5.38 Å². The molecule has 0 spiro atoms. The summed E-state index contributed by atoms with van der Waals surface area (Å²) in [4.78, 5) is 25.3. The Morgan fingerprint density at radius 2 is 2.33 bits per heavy atom. The quantitative estimate of drug-likeness (QED) is 0.804. The third-order valence-electron chi connectivity index (χ3n) is 2.34. The van der Waals surface area contributed by atoms with Crippen molar-refractivity contribution in [2.45, 2.75) is 18.3 Å². The second-order valence-electron chi connectivity index (χ2n) is 3.43. The molecule has 6 heteroatoms. The summed E-state index contributed by atoms with van der Waals surface area (Å²) in [5, 5.41) is 19.5. The molecule has 1 aliphatic carbocycles. The number of carbonyl (C=O) groups is 2. The van der Waals surface area contributed by atoms with Crippen LogP contribution in [0.15, 0.2) is 5.38 Å². The van der Waals surface area contributed by atoms with Gasteiger partial charge < -0.3 is 5.11 Å². The van der Waals surface area contributed by atoms with E-state index in [0.717, 1.165) is 11.3 Å². The first-order valence-electron chi connectivity index (χ1n) is 4.20. The van der Waals surface area contributed by atoms with E-state index in [9.17, 15) is 9.59 Å². The van der Waals surface area contributed by atoms with Crippen molar-refractivity contribution in [1.82, 2.24) is 4.98 Å². The SMILES string of the molecule is N#CC1(c2nc(C(=O)O)cs2)CC(=O)C1. The van der Waals surface area contributed by atoms with E-state index in [4.69, 9.17) is 10.4 Å². The smallest absolute Gasteiger partial charge is 0.355 e. The van der Waals surface area contributed by atoms with E-state index < -0.39 is 11.4 Å². The molecule has 1 saturated carbocycles. The van der Waals surface area contributed by atoms with Crippen molar-refractivity contribution in [2.75, 3.05) is 0 Å². The third kappa shape index (κ3) is 1.41. The first-order chi connectivity index (χ1) is 7.07. The number of carbonyl (C=O) groups excluding carboxylic acids is 1. The molecule has 0 bridgehead atoms. The van der Waals surface area contributed by atoms with Crippen molar-refractivity contribution in [2.24, 2.45) is 0 Å². The Kier molecular flexibility index (Phi) is 2.05. The molecule has 76 valence electrons. The molecule has 1 fully saturated rings. The highest BCUT2D eigenvalue weighted by atomic mass is 32.1. The Labute approximate surface area is 89.0 Å². The van der Waals surface area contributed by atoms with Gasteiger partial charge in [-0.25, -0.2) is 9.78 Å². The summed E-state index contributed by atoms with van der Waals surface area (Å²) in [7, 11) is 0. The van der Waals surface area contributed by atoms with Gasteiger partial charge in [-0.05, 0) is 0 Å². The monoisotopic (exact) mass is 222 g/mol. The van der Waals surface area contributed by atoms with E-state index in [2.05, 4.69) is 4.98 Å². The van der Waals surface area contributed by atoms with Gasteiger partial charge in [-0.15, -0.1) is 11.3 Å². The van der Waals surface area contributed by atoms with Crippen LogP contribution in [0.1, 0.15) is 28.3 Å². The summed E-state index contributed by atoms with van der Waals surface area (Å²) < 4.78 is 0.